The SMILES string of the molecule is O=C(O)c1cccc2c1[C@@H](Br)c1ccccc1-2. The van der Waals surface area contributed by atoms with Crippen LogP contribution in [0.4, 0.5) is 0 Å². The average Bonchev–Trinajstić information content (AvgIpc) is 2.64. The van der Waals surface area contributed by atoms with E-state index in [0.717, 1.165) is 22.3 Å². The van der Waals surface area contributed by atoms with Crippen molar-refractivity contribution in [1.82, 2.24) is 0 Å². The van der Waals surface area contributed by atoms with E-state index in [0.29, 0.717) is 5.56 Å². The van der Waals surface area contributed by atoms with E-state index >= 15 is 0 Å². The fourth-order valence-corrected chi connectivity index (χ4v) is 3.27. The van der Waals surface area contributed by atoms with Gasteiger partial charge in [0.25, 0.3) is 0 Å². The van der Waals surface area contributed by atoms with Crippen molar-refractivity contribution in [2.75, 3.05) is 0 Å². The minimum Gasteiger partial charge on any atom is -0.478 e. The molecule has 0 aromatic heterocycles. The maximum Gasteiger partial charge on any atom is 0.336 e. The van der Waals surface area contributed by atoms with Crippen molar-refractivity contribution in [2.24, 2.45) is 0 Å². The van der Waals surface area contributed by atoms with Crippen LogP contribution < -0.4 is 0 Å². The molecule has 1 aliphatic rings. The van der Waals surface area contributed by atoms with E-state index in [2.05, 4.69) is 15.9 Å². The Balaban J connectivity index is 2.34. The summed E-state index contributed by atoms with van der Waals surface area (Å²) in [4.78, 5) is 11.2. The highest BCUT2D eigenvalue weighted by atomic mass is 79.9. The van der Waals surface area contributed by atoms with Crippen LogP contribution in [0.3, 0.4) is 0 Å². The molecule has 0 unspecified atom stereocenters. The average molecular weight is 289 g/mol. The molecule has 0 heterocycles. The summed E-state index contributed by atoms with van der Waals surface area (Å²) in [7, 11) is 0. The number of halogens is 1. The molecule has 0 aliphatic heterocycles. The first-order chi connectivity index (χ1) is 8.20. The number of aromatic carboxylic acids is 1. The van der Waals surface area contributed by atoms with Crippen molar-refractivity contribution in [3.05, 3.63) is 59.2 Å². The number of benzene rings is 2. The maximum atomic E-state index is 11.2. The first kappa shape index (κ1) is 10.5. The maximum absolute atomic E-state index is 11.2. The highest BCUT2D eigenvalue weighted by molar-refractivity contribution is 9.09. The molecule has 0 spiro atoms. The van der Waals surface area contributed by atoms with E-state index in [1.54, 1.807) is 12.1 Å². The van der Waals surface area contributed by atoms with Crippen molar-refractivity contribution in [1.29, 1.82) is 0 Å². The van der Waals surface area contributed by atoms with Crippen LogP contribution >= 0.6 is 15.9 Å². The third-order valence-electron chi connectivity index (χ3n) is 3.11. The zero-order valence-electron chi connectivity index (χ0n) is 8.85. The van der Waals surface area contributed by atoms with Crippen LogP contribution in [-0.2, 0) is 0 Å². The van der Waals surface area contributed by atoms with Crippen LogP contribution in [0.1, 0.15) is 26.3 Å². The van der Waals surface area contributed by atoms with Crippen molar-refractivity contribution in [3.63, 3.8) is 0 Å². The van der Waals surface area contributed by atoms with Gasteiger partial charge in [0.2, 0.25) is 0 Å². The Hall–Kier alpha value is -1.61. The molecule has 17 heavy (non-hydrogen) atoms. The van der Waals surface area contributed by atoms with E-state index in [1.165, 1.54) is 0 Å². The molecule has 1 aliphatic carbocycles. The van der Waals surface area contributed by atoms with Crippen molar-refractivity contribution in [3.8, 4) is 11.1 Å². The number of carboxylic acid groups (broad SMARTS) is 1. The topological polar surface area (TPSA) is 37.3 Å². The van der Waals surface area contributed by atoms with E-state index < -0.39 is 5.97 Å². The molecule has 2 aromatic carbocycles. The third kappa shape index (κ3) is 1.42. The molecule has 0 bridgehead atoms. The summed E-state index contributed by atoms with van der Waals surface area (Å²) in [5, 5.41) is 9.22. The summed E-state index contributed by atoms with van der Waals surface area (Å²) in [6, 6.07) is 13.4. The van der Waals surface area contributed by atoms with Gasteiger partial charge >= 0.3 is 5.97 Å². The highest BCUT2D eigenvalue weighted by Crippen LogP contribution is 2.49. The first-order valence-electron chi connectivity index (χ1n) is 5.29. The van der Waals surface area contributed by atoms with Crippen LogP contribution in [0.2, 0.25) is 0 Å². The zero-order chi connectivity index (χ0) is 12.0. The third-order valence-corrected chi connectivity index (χ3v) is 4.07. The minimum absolute atomic E-state index is 0.0269. The van der Waals surface area contributed by atoms with Crippen molar-refractivity contribution in [2.45, 2.75) is 4.83 Å². The van der Waals surface area contributed by atoms with Crippen molar-refractivity contribution >= 4 is 21.9 Å². The normalized spacial score (nSPS) is 16.4. The lowest BCUT2D eigenvalue weighted by atomic mass is 10.0. The molecule has 2 aromatic rings. The van der Waals surface area contributed by atoms with Gasteiger partial charge in [0.15, 0.2) is 0 Å². The van der Waals surface area contributed by atoms with Gasteiger partial charge in [0.05, 0.1) is 10.4 Å². The second-order valence-electron chi connectivity index (χ2n) is 4.02. The van der Waals surface area contributed by atoms with Gasteiger partial charge < -0.3 is 5.11 Å². The zero-order valence-corrected chi connectivity index (χ0v) is 10.4. The van der Waals surface area contributed by atoms with Gasteiger partial charge in [-0.1, -0.05) is 52.3 Å². The lowest BCUT2D eigenvalue weighted by Crippen LogP contribution is -2.02. The number of alkyl halides is 1. The summed E-state index contributed by atoms with van der Waals surface area (Å²) in [6.45, 7) is 0. The lowest BCUT2D eigenvalue weighted by molar-refractivity contribution is 0.0696. The number of hydrogen-bond acceptors (Lipinski definition) is 1. The molecule has 0 radical (unpaired) electrons. The Kier molecular flexibility index (Phi) is 2.30. The fourth-order valence-electron chi connectivity index (χ4n) is 2.38. The second-order valence-corrected chi connectivity index (χ2v) is 4.94. The molecule has 2 nitrogen and oxygen atoms in total. The summed E-state index contributed by atoms with van der Waals surface area (Å²) in [5.74, 6) is -0.876. The molecule has 0 saturated heterocycles. The Morgan fingerprint density at radius 3 is 2.53 bits per heavy atom. The van der Waals surface area contributed by atoms with E-state index in [4.69, 9.17) is 0 Å². The first-order valence-corrected chi connectivity index (χ1v) is 6.21. The summed E-state index contributed by atoms with van der Waals surface area (Å²) in [6.07, 6.45) is 0. The molecular formula is C14H9BrO2. The standard InChI is InChI=1S/C14H9BrO2/c15-13-10-5-2-1-4-8(10)9-6-3-7-11(12(9)13)14(16)17/h1-7,13H,(H,16,17)/t13-/m0/s1. The van der Waals surface area contributed by atoms with E-state index in [9.17, 15) is 9.90 Å². The van der Waals surface area contributed by atoms with Gasteiger partial charge in [-0.15, -0.1) is 0 Å². The van der Waals surface area contributed by atoms with Gasteiger partial charge in [0, 0.05) is 0 Å². The monoisotopic (exact) mass is 288 g/mol. The fraction of sp³-hybridized carbons (Fsp3) is 0.0714. The Morgan fingerprint density at radius 1 is 1.06 bits per heavy atom. The molecule has 84 valence electrons. The molecule has 1 N–H and O–H groups in total. The Bertz CT molecular complexity index is 619. The van der Waals surface area contributed by atoms with E-state index in [-0.39, 0.29) is 4.83 Å². The quantitative estimate of drug-likeness (QED) is 0.810. The number of carbonyl (C=O) groups is 1. The molecule has 1 atom stereocenters. The van der Waals surface area contributed by atoms with Crippen LogP contribution in [0.5, 0.6) is 0 Å². The molecule has 0 amide bonds. The smallest absolute Gasteiger partial charge is 0.336 e. The number of fused-ring (bicyclic) bond motifs is 3. The number of carboxylic acids is 1. The molecule has 0 saturated carbocycles. The van der Waals surface area contributed by atoms with Gasteiger partial charge in [-0.3, -0.25) is 0 Å². The summed E-state index contributed by atoms with van der Waals surface area (Å²) < 4.78 is 0. The highest BCUT2D eigenvalue weighted by Gasteiger charge is 2.30. The molecule has 0 fully saturated rings. The predicted octanol–water partition coefficient (Wildman–Crippen LogP) is 3.85. The summed E-state index contributed by atoms with van der Waals surface area (Å²) >= 11 is 3.59. The molecule has 3 rings (SSSR count). The van der Waals surface area contributed by atoms with Gasteiger partial charge in [0.1, 0.15) is 0 Å². The largest absolute Gasteiger partial charge is 0.478 e. The van der Waals surface area contributed by atoms with Crippen LogP contribution in [-0.4, -0.2) is 11.1 Å². The Morgan fingerprint density at radius 2 is 1.76 bits per heavy atom. The number of hydrogen-bond donors (Lipinski definition) is 1. The Labute approximate surface area is 107 Å². The molecule has 3 heteroatoms. The van der Waals surface area contributed by atoms with Crippen molar-refractivity contribution < 1.29 is 9.90 Å². The second kappa shape index (κ2) is 3.70. The van der Waals surface area contributed by atoms with Crippen LogP contribution in [0.25, 0.3) is 11.1 Å². The number of rotatable bonds is 1. The predicted molar refractivity (Wildman–Crippen MR) is 69.6 cm³/mol. The van der Waals surface area contributed by atoms with Gasteiger partial charge in [-0.05, 0) is 28.3 Å². The molecular weight excluding hydrogens is 280 g/mol. The lowest BCUT2D eigenvalue weighted by Gasteiger charge is -2.07. The van der Waals surface area contributed by atoms with Gasteiger partial charge in [-0.25, -0.2) is 4.79 Å². The minimum atomic E-state index is -0.876. The van der Waals surface area contributed by atoms with Crippen LogP contribution in [0, 0.1) is 0 Å². The summed E-state index contributed by atoms with van der Waals surface area (Å²) in [5.41, 5.74) is 4.51. The van der Waals surface area contributed by atoms with Gasteiger partial charge in [-0.2, -0.15) is 0 Å². The van der Waals surface area contributed by atoms with E-state index in [1.807, 2.05) is 30.3 Å². The van der Waals surface area contributed by atoms with Crippen LogP contribution in [0.15, 0.2) is 42.5 Å².